The number of carbonyl (C=O) groups excluding carboxylic acids is 2. The summed E-state index contributed by atoms with van der Waals surface area (Å²) >= 11 is 0. The fourth-order valence-electron chi connectivity index (χ4n) is 4.50. The van der Waals surface area contributed by atoms with Gasteiger partial charge < -0.3 is 19.5 Å². The van der Waals surface area contributed by atoms with Gasteiger partial charge in [0.2, 0.25) is 0 Å². The summed E-state index contributed by atoms with van der Waals surface area (Å²) in [5.41, 5.74) is 0.468. The van der Waals surface area contributed by atoms with Crippen molar-refractivity contribution in [2.24, 2.45) is 0 Å². The number of nitrogens with one attached hydrogen (secondary N) is 1. The first-order valence-electron chi connectivity index (χ1n) is 11.2. The minimum absolute atomic E-state index is 0.117. The topological polar surface area (TPSA) is 76.5 Å². The Kier molecular flexibility index (Phi) is 6.47. The average molecular weight is 464 g/mol. The van der Waals surface area contributed by atoms with E-state index in [0.29, 0.717) is 43.1 Å². The van der Waals surface area contributed by atoms with Crippen LogP contribution in [0.25, 0.3) is 0 Å². The molecule has 178 valence electrons. The molecule has 0 radical (unpaired) electrons. The van der Waals surface area contributed by atoms with E-state index in [9.17, 15) is 22.8 Å². The number of pyridine rings is 1. The molecule has 33 heavy (non-hydrogen) atoms. The molecule has 1 saturated heterocycles. The van der Waals surface area contributed by atoms with Gasteiger partial charge in [0, 0.05) is 19.1 Å². The number of nitrogens with zero attached hydrogens (tertiary/aromatic N) is 3. The molecule has 4 rings (SSSR count). The van der Waals surface area contributed by atoms with Crippen molar-refractivity contribution < 1.29 is 27.5 Å². The lowest BCUT2D eigenvalue weighted by Gasteiger charge is -2.24. The first kappa shape index (κ1) is 23.3. The zero-order chi connectivity index (χ0) is 23.8. The third-order valence-electron chi connectivity index (χ3n) is 6.32. The predicted octanol–water partition coefficient (Wildman–Crippen LogP) is 3.94. The van der Waals surface area contributed by atoms with Crippen LogP contribution in [-0.2, 0) is 24.1 Å². The van der Waals surface area contributed by atoms with Crippen LogP contribution in [0.1, 0.15) is 77.1 Å². The maximum atomic E-state index is 13.2. The number of carbonyl (C=O) groups is 2. The number of aromatic nitrogens is 2. The minimum atomic E-state index is -4.57. The molecule has 7 nitrogen and oxygen atoms in total. The number of alkyl halides is 3. The van der Waals surface area contributed by atoms with Crippen LogP contribution in [0.2, 0.25) is 0 Å². The molecule has 0 bridgehead atoms. The van der Waals surface area contributed by atoms with Crippen LogP contribution < -0.4 is 5.32 Å². The standard InChI is InChI=1S/C23H27F3N4O3/c1-3-16(17-7-4-8-20(27-17)23(24,25)26)28-21(31)15-12-18(30-10-11-33-13-19(15)30)22(32)29-9-5-6-14(29)2/h4,7-8,12,14,16H,3,5-6,9-11,13H2,1-2H3,(H,28,31)/t14?,16-/m1/s1. The van der Waals surface area contributed by atoms with Gasteiger partial charge in [0.15, 0.2) is 0 Å². The number of likely N-dealkylation sites (tertiary alicyclic amines) is 1. The largest absolute Gasteiger partial charge is 0.433 e. The highest BCUT2D eigenvalue weighted by atomic mass is 19.4. The van der Waals surface area contributed by atoms with Crippen molar-refractivity contribution in [2.45, 2.75) is 64.5 Å². The lowest BCUT2D eigenvalue weighted by molar-refractivity contribution is -0.141. The molecule has 2 amide bonds. The van der Waals surface area contributed by atoms with Crippen LogP contribution >= 0.6 is 0 Å². The first-order chi connectivity index (χ1) is 15.7. The lowest BCUT2D eigenvalue weighted by Crippen LogP contribution is -2.35. The molecule has 2 aliphatic rings. The molecule has 0 aromatic carbocycles. The van der Waals surface area contributed by atoms with Gasteiger partial charge in [-0.25, -0.2) is 4.98 Å². The van der Waals surface area contributed by atoms with Crippen LogP contribution in [0.5, 0.6) is 0 Å². The van der Waals surface area contributed by atoms with Gasteiger partial charge in [0.1, 0.15) is 11.4 Å². The van der Waals surface area contributed by atoms with Crippen LogP contribution in [-0.4, -0.2) is 45.5 Å². The third-order valence-corrected chi connectivity index (χ3v) is 6.32. The van der Waals surface area contributed by atoms with Crippen molar-refractivity contribution in [2.75, 3.05) is 13.2 Å². The summed E-state index contributed by atoms with van der Waals surface area (Å²) in [5.74, 6) is -0.586. The highest BCUT2D eigenvalue weighted by Gasteiger charge is 2.34. The maximum Gasteiger partial charge on any atom is 0.433 e. The third kappa shape index (κ3) is 4.62. The van der Waals surface area contributed by atoms with Gasteiger partial charge in [-0.2, -0.15) is 13.2 Å². The summed E-state index contributed by atoms with van der Waals surface area (Å²) in [6.45, 7) is 5.52. The molecule has 2 atom stereocenters. The second-order valence-electron chi connectivity index (χ2n) is 8.46. The summed E-state index contributed by atoms with van der Waals surface area (Å²) in [5, 5.41) is 2.80. The molecule has 10 heteroatoms. The van der Waals surface area contributed by atoms with Crippen molar-refractivity contribution in [1.29, 1.82) is 0 Å². The predicted molar refractivity (Wildman–Crippen MR) is 114 cm³/mol. The summed E-state index contributed by atoms with van der Waals surface area (Å²) in [7, 11) is 0. The fourth-order valence-corrected chi connectivity index (χ4v) is 4.50. The smallest absolute Gasteiger partial charge is 0.373 e. The molecule has 2 aliphatic heterocycles. The van der Waals surface area contributed by atoms with Gasteiger partial charge in [-0.3, -0.25) is 9.59 Å². The normalized spacial score (nSPS) is 19.3. The Hall–Kier alpha value is -2.88. The zero-order valence-corrected chi connectivity index (χ0v) is 18.6. The van der Waals surface area contributed by atoms with E-state index in [2.05, 4.69) is 10.3 Å². The average Bonchev–Trinajstić information content (AvgIpc) is 3.40. The van der Waals surface area contributed by atoms with E-state index in [-0.39, 0.29) is 24.2 Å². The monoisotopic (exact) mass is 464 g/mol. The molecule has 2 aromatic heterocycles. The molecular formula is C23H27F3N4O3. The molecule has 1 fully saturated rings. The number of amides is 2. The van der Waals surface area contributed by atoms with Crippen molar-refractivity contribution >= 4 is 11.8 Å². The SMILES string of the molecule is CC[C@@H](NC(=O)c1cc(C(=O)N2CCCC2C)n2c1COCC2)c1cccc(C(F)(F)F)n1. The van der Waals surface area contributed by atoms with Crippen molar-refractivity contribution in [3.05, 3.63) is 52.6 Å². The van der Waals surface area contributed by atoms with Gasteiger partial charge in [-0.15, -0.1) is 0 Å². The van der Waals surface area contributed by atoms with E-state index in [1.54, 1.807) is 13.0 Å². The number of hydrogen-bond donors (Lipinski definition) is 1. The second kappa shape index (κ2) is 9.17. The molecule has 0 aliphatic carbocycles. The summed E-state index contributed by atoms with van der Waals surface area (Å²) in [6, 6.07) is 4.65. The quantitative estimate of drug-likeness (QED) is 0.727. The van der Waals surface area contributed by atoms with Crippen LogP contribution in [0, 0.1) is 0 Å². The molecule has 0 saturated carbocycles. The second-order valence-corrected chi connectivity index (χ2v) is 8.46. The summed E-state index contributed by atoms with van der Waals surface area (Å²) < 4.78 is 46.6. The van der Waals surface area contributed by atoms with E-state index in [1.165, 1.54) is 12.1 Å². The van der Waals surface area contributed by atoms with Gasteiger partial charge >= 0.3 is 6.18 Å². The Morgan fingerprint density at radius 3 is 2.76 bits per heavy atom. The Labute approximate surface area is 189 Å². The molecule has 1 unspecified atom stereocenters. The van der Waals surface area contributed by atoms with Gasteiger partial charge in [0.25, 0.3) is 11.8 Å². The Balaban J connectivity index is 1.61. The Morgan fingerprint density at radius 1 is 1.30 bits per heavy atom. The van der Waals surface area contributed by atoms with Gasteiger partial charge in [-0.1, -0.05) is 13.0 Å². The number of halogens is 3. The van der Waals surface area contributed by atoms with Gasteiger partial charge in [0.05, 0.1) is 36.2 Å². The minimum Gasteiger partial charge on any atom is -0.373 e. The first-order valence-corrected chi connectivity index (χ1v) is 11.2. The van der Waals surface area contributed by atoms with Crippen molar-refractivity contribution in [1.82, 2.24) is 19.8 Å². The van der Waals surface area contributed by atoms with Crippen molar-refractivity contribution in [3.63, 3.8) is 0 Å². The highest BCUT2D eigenvalue weighted by molar-refractivity contribution is 6.01. The van der Waals surface area contributed by atoms with E-state index < -0.39 is 23.8 Å². The molecule has 2 aromatic rings. The van der Waals surface area contributed by atoms with E-state index in [1.807, 2.05) is 16.4 Å². The number of rotatable bonds is 5. The van der Waals surface area contributed by atoms with Crippen LogP contribution in [0.3, 0.4) is 0 Å². The van der Waals surface area contributed by atoms with Crippen LogP contribution in [0.15, 0.2) is 24.3 Å². The van der Waals surface area contributed by atoms with Crippen LogP contribution in [0.4, 0.5) is 13.2 Å². The van der Waals surface area contributed by atoms with Crippen molar-refractivity contribution in [3.8, 4) is 0 Å². The molecule has 0 spiro atoms. The van der Waals surface area contributed by atoms with Gasteiger partial charge in [-0.05, 0) is 44.4 Å². The van der Waals surface area contributed by atoms with E-state index >= 15 is 0 Å². The summed E-state index contributed by atoms with van der Waals surface area (Å²) in [6.07, 6.45) is -2.33. The molecular weight excluding hydrogens is 437 g/mol. The highest BCUT2D eigenvalue weighted by Crippen LogP contribution is 2.29. The lowest BCUT2D eigenvalue weighted by atomic mass is 10.1. The van der Waals surface area contributed by atoms with E-state index in [0.717, 1.165) is 18.9 Å². The zero-order valence-electron chi connectivity index (χ0n) is 18.6. The molecule has 1 N–H and O–H groups in total. The summed E-state index contributed by atoms with van der Waals surface area (Å²) in [4.78, 5) is 32.0. The Morgan fingerprint density at radius 2 is 2.09 bits per heavy atom. The maximum absolute atomic E-state index is 13.2. The Bertz CT molecular complexity index is 1050. The fraction of sp³-hybridized carbons (Fsp3) is 0.522. The molecule has 4 heterocycles. The number of ether oxygens (including phenoxy) is 1. The number of hydrogen-bond acceptors (Lipinski definition) is 4. The number of fused-ring (bicyclic) bond motifs is 1. The van der Waals surface area contributed by atoms with E-state index in [4.69, 9.17) is 4.74 Å².